The SMILES string of the molecule is COc1ccc(N2CC(C)CCC2C)c(N)c1. The molecule has 1 aliphatic rings. The Hall–Kier alpha value is -1.38. The van der Waals surface area contributed by atoms with Crippen molar-refractivity contribution in [3.63, 3.8) is 0 Å². The van der Waals surface area contributed by atoms with Gasteiger partial charge >= 0.3 is 0 Å². The first kappa shape index (κ1) is 12.1. The highest BCUT2D eigenvalue weighted by Gasteiger charge is 2.24. The molecule has 1 aromatic carbocycles. The molecule has 94 valence electrons. The minimum atomic E-state index is 0.571. The summed E-state index contributed by atoms with van der Waals surface area (Å²) in [4.78, 5) is 2.42. The monoisotopic (exact) mass is 234 g/mol. The minimum Gasteiger partial charge on any atom is -0.497 e. The molecule has 0 aromatic heterocycles. The van der Waals surface area contributed by atoms with Crippen molar-refractivity contribution in [2.24, 2.45) is 5.92 Å². The van der Waals surface area contributed by atoms with E-state index in [1.807, 2.05) is 12.1 Å². The molecule has 0 radical (unpaired) electrons. The lowest BCUT2D eigenvalue weighted by molar-refractivity contribution is 0.390. The van der Waals surface area contributed by atoms with Crippen LogP contribution in [-0.2, 0) is 0 Å². The highest BCUT2D eigenvalue weighted by molar-refractivity contribution is 5.70. The van der Waals surface area contributed by atoms with Gasteiger partial charge in [-0.15, -0.1) is 0 Å². The van der Waals surface area contributed by atoms with E-state index in [-0.39, 0.29) is 0 Å². The van der Waals surface area contributed by atoms with Crippen LogP contribution in [0.15, 0.2) is 18.2 Å². The molecule has 0 amide bonds. The average molecular weight is 234 g/mol. The second-order valence-electron chi connectivity index (χ2n) is 5.11. The first-order valence-electron chi connectivity index (χ1n) is 6.32. The van der Waals surface area contributed by atoms with Crippen molar-refractivity contribution in [2.45, 2.75) is 32.7 Å². The molecule has 2 atom stereocenters. The van der Waals surface area contributed by atoms with E-state index in [4.69, 9.17) is 10.5 Å². The Kier molecular flexibility index (Phi) is 3.46. The normalized spacial score (nSPS) is 24.8. The summed E-state index contributed by atoms with van der Waals surface area (Å²) < 4.78 is 5.19. The Balaban J connectivity index is 2.26. The predicted octanol–water partition coefficient (Wildman–Crippen LogP) is 2.90. The maximum Gasteiger partial charge on any atom is 0.121 e. The van der Waals surface area contributed by atoms with Gasteiger partial charge in [-0.05, 0) is 37.8 Å². The number of rotatable bonds is 2. The third kappa shape index (κ3) is 2.48. The van der Waals surface area contributed by atoms with Gasteiger partial charge in [-0.25, -0.2) is 0 Å². The largest absolute Gasteiger partial charge is 0.497 e. The van der Waals surface area contributed by atoms with Crippen LogP contribution in [0, 0.1) is 5.92 Å². The number of hydrogen-bond acceptors (Lipinski definition) is 3. The Bertz CT molecular complexity index is 392. The summed E-state index contributed by atoms with van der Waals surface area (Å²) >= 11 is 0. The van der Waals surface area contributed by atoms with Gasteiger partial charge in [0.05, 0.1) is 18.5 Å². The van der Waals surface area contributed by atoms with Crippen LogP contribution < -0.4 is 15.4 Å². The van der Waals surface area contributed by atoms with Crippen molar-refractivity contribution in [2.75, 3.05) is 24.3 Å². The van der Waals surface area contributed by atoms with Crippen LogP contribution in [0.1, 0.15) is 26.7 Å². The molecule has 2 rings (SSSR count). The Morgan fingerprint density at radius 2 is 2.06 bits per heavy atom. The zero-order valence-electron chi connectivity index (χ0n) is 10.9. The molecule has 1 aromatic rings. The van der Waals surface area contributed by atoms with Gasteiger partial charge in [0.25, 0.3) is 0 Å². The van der Waals surface area contributed by atoms with E-state index in [0.29, 0.717) is 6.04 Å². The summed E-state index contributed by atoms with van der Waals surface area (Å²) in [5, 5.41) is 0. The molecule has 0 saturated carbocycles. The Labute approximate surface area is 104 Å². The van der Waals surface area contributed by atoms with E-state index in [1.165, 1.54) is 12.8 Å². The summed E-state index contributed by atoms with van der Waals surface area (Å²) in [7, 11) is 1.67. The first-order valence-corrected chi connectivity index (χ1v) is 6.32. The first-order chi connectivity index (χ1) is 8.11. The van der Waals surface area contributed by atoms with Gasteiger partial charge < -0.3 is 15.4 Å². The third-order valence-electron chi connectivity index (χ3n) is 3.66. The Morgan fingerprint density at radius 1 is 1.29 bits per heavy atom. The second-order valence-corrected chi connectivity index (χ2v) is 5.11. The van der Waals surface area contributed by atoms with Crippen molar-refractivity contribution in [1.82, 2.24) is 0 Å². The van der Waals surface area contributed by atoms with Crippen LogP contribution in [0.4, 0.5) is 11.4 Å². The van der Waals surface area contributed by atoms with E-state index in [0.717, 1.165) is 29.6 Å². The quantitative estimate of drug-likeness (QED) is 0.800. The summed E-state index contributed by atoms with van der Waals surface area (Å²) in [5.74, 6) is 1.57. The summed E-state index contributed by atoms with van der Waals surface area (Å²) in [6, 6.07) is 6.53. The zero-order valence-corrected chi connectivity index (χ0v) is 10.9. The smallest absolute Gasteiger partial charge is 0.121 e. The summed E-state index contributed by atoms with van der Waals surface area (Å²) in [6.45, 7) is 5.67. The molecule has 17 heavy (non-hydrogen) atoms. The molecule has 0 spiro atoms. The zero-order chi connectivity index (χ0) is 12.4. The molecule has 0 aliphatic carbocycles. The number of anilines is 2. The Morgan fingerprint density at radius 3 is 2.71 bits per heavy atom. The molecule has 1 aliphatic heterocycles. The highest BCUT2D eigenvalue weighted by Crippen LogP contribution is 2.33. The molecule has 1 heterocycles. The standard InChI is InChI=1S/C14H22N2O/c1-10-4-5-11(2)16(9-10)14-7-6-12(17-3)8-13(14)15/h6-8,10-11H,4-5,9,15H2,1-3H3. The lowest BCUT2D eigenvalue weighted by Crippen LogP contribution is -2.41. The molecule has 0 bridgehead atoms. The molecule has 2 N–H and O–H groups in total. The number of nitrogens with two attached hydrogens (primary N) is 1. The fourth-order valence-electron chi connectivity index (χ4n) is 2.55. The van der Waals surface area contributed by atoms with Crippen LogP contribution >= 0.6 is 0 Å². The number of piperidine rings is 1. The number of nitrogen functional groups attached to an aromatic ring is 1. The average Bonchev–Trinajstić information content (AvgIpc) is 2.32. The van der Waals surface area contributed by atoms with Gasteiger partial charge in [0.15, 0.2) is 0 Å². The van der Waals surface area contributed by atoms with Crippen molar-refractivity contribution in [3.05, 3.63) is 18.2 Å². The van der Waals surface area contributed by atoms with Gasteiger partial charge in [0, 0.05) is 18.7 Å². The fraction of sp³-hybridized carbons (Fsp3) is 0.571. The van der Waals surface area contributed by atoms with Gasteiger partial charge in [0.2, 0.25) is 0 Å². The van der Waals surface area contributed by atoms with E-state index >= 15 is 0 Å². The maximum atomic E-state index is 6.11. The number of methoxy groups -OCH3 is 1. The van der Waals surface area contributed by atoms with Gasteiger partial charge in [-0.1, -0.05) is 6.92 Å². The number of hydrogen-bond donors (Lipinski definition) is 1. The van der Waals surface area contributed by atoms with E-state index < -0.39 is 0 Å². The molecular formula is C14H22N2O. The lowest BCUT2D eigenvalue weighted by atomic mass is 9.94. The number of benzene rings is 1. The van der Waals surface area contributed by atoms with Crippen LogP contribution in [0.2, 0.25) is 0 Å². The summed E-state index contributed by atoms with van der Waals surface area (Å²) in [5.41, 5.74) is 8.07. The predicted molar refractivity (Wildman–Crippen MR) is 72.6 cm³/mol. The van der Waals surface area contributed by atoms with Gasteiger partial charge in [-0.3, -0.25) is 0 Å². The van der Waals surface area contributed by atoms with Crippen LogP contribution in [0.3, 0.4) is 0 Å². The lowest BCUT2D eigenvalue weighted by Gasteiger charge is -2.39. The number of ether oxygens (including phenoxy) is 1. The third-order valence-corrected chi connectivity index (χ3v) is 3.66. The van der Waals surface area contributed by atoms with Crippen molar-refractivity contribution in [1.29, 1.82) is 0 Å². The fourth-order valence-corrected chi connectivity index (χ4v) is 2.55. The minimum absolute atomic E-state index is 0.571. The molecule has 1 fully saturated rings. The van der Waals surface area contributed by atoms with Crippen LogP contribution in [-0.4, -0.2) is 19.7 Å². The van der Waals surface area contributed by atoms with Crippen molar-refractivity contribution >= 4 is 11.4 Å². The van der Waals surface area contributed by atoms with E-state index in [9.17, 15) is 0 Å². The van der Waals surface area contributed by atoms with Gasteiger partial charge in [-0.2, -0.15) is 0 Å². The molecular weight excluding hydrogens is 212 g/mol. The topological polar surface area (TPSA) is 38.5 Å². The van der Waals surface area contributed by atoms with Crippen LogP contribution in [0.25, 0.3) is 0 Å². The molecule has 3 heteroatoms. The van der Waals surface area contributed by atoms with Crippen LogP contribution in [0.5, 0.6) is 5.75 Å². The van der Waals surface area contributed by atoms with E-state index in [1.54, 1.807) is 7.11 Å². The van der Waals surface area contributed by atoms with Crippen molar-refractivity contribution in [3.8, 4) is 5.75 Å². The highest BCUT2D eigenvalue weighted by atomic mass is 16.5. The second kappa shape index (κ2) is 4.86. The maximum absolute atomic E-state index is 6.11. The van der Waals surface area contributed by atoms with E-state index in [2.05, 4.69) is 24.8 Å². The molecule has 1 saturated heterocycles. The number of nitrogens with zero attached hydrogens (tertiary/aromatic N) is 1. The summed E-state index contributed by atoms with van der Waals surface area (Å²) in [6.07, 6.45) is 2.56. The molecule has 2 unspecified atom stereocenters. The van der Waals surface area contributed by atoms with Gasteiger partial charge in [0.1, 0.15) is 5.75 Å². The van der Waals surface area contributed by atoms with Crippen molar-refractivity contribution < 1.29 is 4.74 Å². The molecule has 3 nitrogen and oxygen atoms in total.